The van der Waals surface area contributed by atoms with E-state index in [4.69, 9.17) is 9.47 Å². The molecule has 1 saturated heterocycles. The number of benzene rings is 1. The van der Waals surface area contributed by atoms with Crippen LogP contribution >= 0.6 is 11.3 Å². The second-order valence-corrected chi connectivity index (χ2v) is 8.23. The Balaban J connectivity index is 1.34. The van der Waals surface area contributed by atoms with Crippen LogP contribution in [-0.2, 0) is 4.79 Å². The summed E-state index contributed by atoms with van der Waals surface area (Å²) < 4.78 is 11.7. The lowest BCUT2D eigenvalue weighted by Crippen LogP contribution is -2.48. The van der Waals surface area contributed by atoms with Crippen LogP contribution in [0, 0.1) is 5.92 Å². The first kappa shape index (κ1) is 18.8. The molecule has 1 aromatic heterocycles. The smallest absolute Gasteiger partial charge is 0.263 e. The monoisotopic (exact) mass is 400 g/mol. The van der Waals surface area contributed by atoms with Gasteiger partial charge in [-0.25, -0.2) is 0 Å². The van der Waals surface area contributed by atoms with Crippen molar-refractivity contribution in [1.29, 1.82) is 0 Å². The van der Waals surface area contributed by atoms with E-state index in [2.05, 4.69) is 0 Å². The number of hydrogen-bond acceptors (Lipinski definition) is 5. The highest BCUT2D eigenvalue weighted by Crippen LogP contribution is 2.31. The molecule has 7 heteroatoms. The number of thiophene rings is 1. The first-order valence-electron chi connectivity index (χ1n) is 9.58. The maximum Gasteiger partial charge on any atom is 0.263 e. The van der Waals surface area contributed by atoms with E-state index < -0.39 is 0 Å². The molecule has 2 aliphatic rings. The lowest BCUT2D eigenvalue weighted by molar-refractivity contribution is -0.137. The summed E-state index contributed by atoms with van der Waals surface area (Å²) in [6.07, 6.45) is 1.45. The Morgan fingerprint density at radius 1 is 1.21 bits per heavy atom. The van der Waals surface area contributed by atoms with Crippen LogP contribution in [-0.4, -0.2) is 61.0 Å². The van der Waals surface area contributed by atoms with Gasteiger partial charge in [0.25, 0.3) is 5.91 Å². The average Bonchev–Trinajstić information content (AvgIpc) is 3.27. The maximum absolute atomic E-state index is 13.0. The van der Waals surface area contributed by atoms with E-state index in [1.165, 1.54) is 11.3 Å². The molecule has 0 aliphatic carbocycles. The van der Waals surface area contributed by atoms with E-state index in [0.717, 1.165) is 23.5 Å². The normalized spacial score (nSPS) is 21.2. The number of nitrogens with zero attached hydrogens (tertiary/aromatic N) is 2. The molecule has 2 atom stereocenters. The highest BCUT2D eigenvalue weighted by Gasteiger charge is 2.32. The van der Waals surface area contributed by atoms with Crippen LogP contribution in [0.1, 0.15) is 22.5 Å². The van der Waals surface area contributed by atoms with E-state index in [9.17, 15) is 9.59 Å². The summed E-state index contributed by atoms with van der Waals surface area (Å²) >= 11 is 1.44. The molecule has 1 aromatic carbocycles. The molecule has 28 heavy (non-hydrogen) atoms. The number of carbonyl (C=O) groups excluding carboxylic acids is 2. The van der Waals surface area contributed by atoms with Gasteiger partial charge in [-0.3, -0.25) is 9.59 Å². The third-order valence-corrected chi connectivity index (χ3v) is 6.07. The number of carbonyl (C=O) groups is 2. The van der Waals surface area contributed by atoms with E-state index in [0.29, 0.717) is 32.0 Å². The van der Waals surface area contributed by atoms with Gasteiger partial charge < -0.3 is 19.3 Å². The molecule has 6 nitrogen and oxygen atoms in total. The predicted molar refractivity (Wildman–Crippen MR) is 107 cm³/mol. The summed E-state index contributed by atoms with van der Waals surface area (Å²) in [6.45, 7) is 2.07. The standard InChI is InChI=1S/C21H24N2O4S/c1-22(13-16-14-26-17-7-2-3-8-18(17)27-16)20(24)15-6-4-10-23(12-15)21(25)19-9-5-11-28-19/h2-3,5,7-9,11,15-16H,4,6,10,12-14H2,1H3. The molecule has 2 aliphatic heterocycles. The molecule has 0 radical (unpaired) electrons. The molecule has 0 bridgehead atoms. The summed E-state index contributed by atoms with van der Waals surface area (Å²) in [5, 5.41) is 1.90. The van der Waals surface area contributed by atoms with Gasteiger partial charge in [-0.1, -0.05) is 18.2 Å². The quantitative estimate of drug-likeness (QED) is 0.792. The molecule has 148 valence electrons. The number of amides is 2. The van der Waals surface area contributed by atoms with Gasteiger partial charge in [-0.05, 0) is 36.4 Å². The van der Waals surface area contributed by atoms with Gasteiger partial charge in [0, 0.05) is 20.1 Å². The molecular formula is C21H24N2O4S. The molecule has 0 N–H and O–H groups in total. The van der Waals surface area contributed by atoms with Gasteiger partial charge in [-0.15, -0.1) is 11.3 Å². The number of hydrogen-bond donors (Lipinski definition) is 0. The molecule has 4 rings (SSSR count). The van der Waals surface area contributed by atoms with E-state index in [-0.39, 0.29) is 23.8 Å². The number of likely N-dealkylation sites (tertiary alicyclic amines) is 1. The fourth-order valence-corrected chi connectivity index (χ4v) is 4.47. The highest BCUT2D eigenvalue weighted by molar-refractivity contribution is 7.12. The number of rotatable bonds is 4. The van der Waals surface area contributed by atoms with Crippen molar-refractivity contribution in [3.05, 3.63) is 46.7 Å². The van der Waals surface area contributed by atoms with E-state index in [1.54, 1.807) is 11.9 Å². The molecule has 0 saturated carbocycles. The minimum absolute atomic E-state index is 0.0239. The number of piperidine rings is 1. The van der Waals surface area contributed by atoms with Crippen LogP contribution in [0.5, 0.6) is 11.5 Å². The summed E-state index contributed by atoms with van der Waals surface area (Å²) in [7, 11) is 1.80. The number of para-hydroxylation sites is 2. The zero-order chi connectivity index (χ0) is 19.5. The van der Waals surface area contributed by atoms with Crippen LogP contribution in [0.3, 0.4) is 0 Å². The van der Waals surface area contributed by atoms with Gasteiger partial charge in [0.1, 0.15) is 6.61 Å². The van der Waals surface area contributed by atoms with Crippen LogP contribution in [0.4, 0.5) is 0 Å². The second-order valence-electron chi connectivity index (χ2n) is 7.28. The van der Waals surface area contributed by atoms with Crippen LogP contribution < -0.4 is 9.47 Å². The van der Waals surface area contributed by atoms with Crippen molar-refractivity contribution in [3.8, 4) is 11.5 Å². The molecular weight excluding hydrogens is 376 g/mol. The van der Waals surface area contributed by atoms with Crippen molar-refractivity contribution in [1.82, 2.24) is 9.80 Å². The minimum atomic E-state index is -0.198. The van der Waals surface area contributed by atoms with Gasteiger partial charge >= 0.3 is 0 Å². The van der Waals surface area contributed by atoms with Gasteiger partial charge in [0.15, 0.2) is 17.6 Å². The first-order valence-corrected chi connectivity index (χ1v) is 10.5. The maximum atomic E-state index is 13.0. The number of fused-ring (bicyclic) bond motifs is 1. The lowest BCUT2D eigenvalue weighted by Gasteiger charge is -2.35. The summed E-state index contributed by atoms with van der Waals surface area (Å²) in [5.74, 6) is 1.37. The largest absolute Gasteiger partial charge is 0.486 e. The second kappa shape index (κ2) is 8.22. The zero-order valence-corrected chi connectivity index (χ0v) is 16.7. The average molecular weight is 401 g/mol. The van der Waals surface area contributed by atoms with Crippen LogP contribution in [0.25, 0.3) is 0 Å². The molecule has 1 fully saturated rings. The first-order chi connectivity index (χ1) is 13.6. The Kier molecular flexibility index (Phi) is 5.52. The third kappa shape index (κ3) is 3.99. The molecule has 0 spiro atoms. The Labute approximate surface area is 168 Å². The SMILES string of the molecule is CN(CC1COc2ccccc2O1)C(=O)C1CCCN(C(=O)c2cccs2)C1. The summed E-state index contributed by atoms with van der Waals surface area (Å²) in [4.78, 5) is 29.8. The van der Waals surface area contributed by atoms with Crippen LogP contribution in [0.2, 0.25) is 0 Å². The summed E-state index contributed by atoms with van der Waals surface area (Å²) in [5.41, 5.74) is 0. The Morgan fingerprint density at radius 2 is 2.04 bits per heavy atom. The molecule has 2 unspecified atom stereocenters. The molecule has 2 aromatic rings. The summed E-state index contributed by atoms with van der Waals surface area (Å²) in [6, 6.07) is 11.3. The Morgan fingerprint density at radius 3 is 2.82 bits per heavy atom. The van der Waals surface area contributed by atoms with Crippen molar-refractivity contribution in [2.75, 3.05) is 33.3 Å². The van der Waals surface area contributed by atoms with Gasteiger partial charge in [-0.2, -0.15) is 0 Å². The van der Waals surface area contributed by atoms with Crippen molar-refractivity contribution in [3.63, 3.8) is 0 Å². The predicted octanol–water partition coefficient (Wildman–Crippen LogP) is 2.90. The van der Waals surface area contributed by atoms with E-state index >= 15 is 0 Å². The topological polar surface area (TPSA) is 59.1 Å². The van der Waals surface area contributed by atoms with E-state index in [1.807, 2.05) is 46.7 Å². The van der Waals surface area contributed by atoms with Crippen molar-refractivity contribution in [2.45, 2.75) is 18.9 Å². The minimum Gasteiger partial charge on any atom is -0.486 e. The Hall–Kier alpha value is -2.54. The molecule has 2 amide bonds. The zero-order valence-electron chi connectivity index (χ0n) is 15.9. The lowest BCUT2D eigenvalue weighted by atomic mass is 9.96. The van der Waals surface area contributed by atoms with Gasteiger partial charge in [0.05, 0.1) is 17.3 Å². The van der Waals surface area contributed by atoms with Crippen molar-refractivity contribution in [2.24, 2.45) is 5.92 Å². The van der Waals surface area contributed by atoms with Crippen molar-refractivity contribution < 1.29 is 19.1 Å². The van der Waals surface area contributed by atoms with Crippen LogP contribution in [0.15, 0.2) is 41.8 Å². The fraction of sp³-hybridized carbons (Fsp3) is 0.429. The highest BCUT2D eigenvalue weighted by atomic mass is 32.1. The Bertz CT molecular complexity index is 839. The third-order valence-electron chi connectivity index (χ3n) is 5.21. The number of ether oxygens (including phenoxy) is 2. The fourth-order valence-electron chi connectivity index (χ4n) is 3.78. The van der Waals surface area contributed by atoms with Crippen molar-refractivity contribution >= 4 is 23.2 Å². The van der Waals surface area contributed by atoms with Gasteiger partial charge in [0.2, 0.25) is 5.91 Å². The molecule has 3 heterocycles. The number of likely N-dealkylation sites (N-methyl/N-ethyl adjacent to an activating group) is 1.